The number of piperidine rings is 1. The molecule has 4 atom stereocenters. The zero-order valence-electron chi connectivity index (χ0n) is 13.1. The van der Waals surface area contributed by atoms with Crippen molar-refractivity contribution < 1.29 is 9.47 Å². The van der Waals surface area contributed by atoms with Crippen molar-refractivity contribution in [2.45, 2.75) is 56.7 Å². The first-order valence-electron chi connectivity index (χ1n) is 8.39. The Bertz CT molecular complexity index is 318. The topological polar surface area (TPSA) is 33.7 Å². The van der Waals surface area contributed by atoms with Crippen LogP contribution in [0.15, 0.2) is 0 Å². The predicted molar refractivity (Wildman–Crippen MR) is 80.0 cm³/mol. The van der Waals surface area contributed by atoms with Gasteiger partial charge < -0.3 is 14.8 Å². The molecule has 3 aliphatic heterocycles. The van der Waals surface area contributed by atoms with Crippen LogP contribution in [0.4, 0.5) is 0 Å². The minimum atomic E-state index is 0.0461. The standard InChI is InChI=1S/C16H30N2O2/c1-3-13-11-18(7-4-15(13)17-2)14-5-8-20-16(10-14)6-9-19-12-16/h13-15,17H,3-12H2,1-2H3. The van der Waals surface area contributed by atoms with Crippen LogP contribution < -0.4 is 5.32 Å². The van der Waals surface area contributed by atoms with Gasteiger partial charge in [-0.1, -0.05) is 13.3 Å². The highest BCUT2D eigenvalue weighted by Gasteiger charge is 2.43. The van der Waals surface area contributed by atoms with Crippen LogP contribution in [0, 0.1) is 5.92 Å². The van der Waals surface area contributed by atoms with Crippen LogP contribution in [-0.2, 0) is 9.47 Å². The summed E-state index contributed by atoms with van der Waals surface area (Å²) in [5.74, 6) is 0.798. The molecule has 0 aromatic heterocycles. The summed E-state index contributed by atoms with van der Waals surface area (Å²) in [5.41, 5.74) is 0.0461. The fourth-order valence-corrected chi connectivity index (χ4v) is 4.36. The second kappa shape index (κ2) is 6.30. The SMILES string of the molecule is CCC1CN(C2CCOC3(CCOC3)C2)CCC1NC. The minimum Gasteiger partial charge on any atom is -0.378 e. The molecule has 20 heavy (non-hydrogen) atoms. The highest BCUT2D eigenvalue weighted by Crippen LogP contribution is 2.36. The Kier molecular flexibility index (Phi) is 4.65. The second-order valence-corrected chi connectivity index (χ2v) is 6.83. The number of nitrogens with one attached hydrogen (secondary N) is 1. The van der Waals surface area contributed by atoms with Crippen molar-refractivity contribution in [3.8, 4) is 0 Å². The molecule has 4 unspecified atom stereocenters. The molecule has 3 fully saturated rings. The Labute approximate surface area is 123 Å². The van der Waals surface area contributed by atoms with Gasteiger partial charge >= 0.3 is 0 Å². The van der Waals surface area contributed by atoms with Crippen LogP contribution >= 0.6 is 0 Å². The van der Waals surface area contributed by atoms with E-state index in [9.17, 15) is 0 Å². The number of nitrogens with zero attached hydrogens (tertiary/aromatic N) is 1. The molecule has 4 heteroatoms. The normalized spacial score (nSPS) is 43.2. The number of rotatable bonds is 3. The van der Waals surface area contributed by atoms with Crippen molar-refractivity contribution in [2.75, 3.05) is 40.0 Å². The molecule has 0 aromatic carbocycles. The first-order valence-corrected chi connectivity index (χ1v) is 8.39. The Balaban J connectivity index is 1.61. The maximum atomic E-state index is 6.08. The molecule has 1 spiro atoms. The lowest BCUT2D eigenvalue weighted by molar-refractivity contribution is -0.111. The van der Waals surface area contributed by atoms with Crippen molar-refractivity contribution >= 4 is 0 Å². The first kappa shape index (κ1) is 14.8. The van der Waals surface area contributed by atoms with Crippen molar-refractivity contribution in [1.29, 1.82) is 0 Å². The van der Waals surface area contributed by atoms with Crippen molar-refractivity contribution in [2.24, 2.45) is 5.92 Å². The molecule has 3 rings (SSSR count). The molecular formula is C16H30N2O2. The van der Waals surface area contributed by atoms with E-state index >= 15 is 0 Å². The lowest BCUT2D eigenvalue weighted by Gasteiger charge is -2.46. The van der Waals surface area contributed by atoms with E-state index in [1.54, 1.807) is 0 Å². The molecule has 0 aromatic rings. The molecular weight excluding hydrogens is 252 g/mol. The van der Waals surface area contributed by atoms with Crippen LogP contribution in [0.25, 0.3) is 0 Å². The number of likely N-dealkylation sites (tertiary alicyclic amines) is 1. The van der Waals surface area contributed by atoms with Gasteiger partial charge in [-0.2, -0.15) is 0 Å². The predicted octanol–water partition coefficient (Wildman–Crippen LogP) is 1.64. The lowest BCUT2D eigenvalue weighted by Crippen LogP contribution is -2.55. The Morgan fingerprint density at radius 1 is 1.30 bits per heavy atom. The van der Waals surface area contributed by atoms with Gasteiger partial charge in [0.15, 0.2) is 0 Å². The molecule has 1 N–H and O–H groups in total. The molecule has 0 radical (unpaired) electrons. The summed E-state index contributed by atoms with van der Waals surface area (Å²) in [5, 5.41) is 3.51. The zero-order valence-corrected chi connectivity index (χ0v) is 13.1. The summed E-state index contributed by atoms with van der Waals surface area (Å²) in [6.45, 7) is 7.43. The van der Waals surface area contributed by atoms with Gasteiger partial charge in [0.1, 0.15) is 0 Å². The molecule has 0 saturated carbocycles. The van der Waals surface area contributed by atoms with Crippen molar-refractivity contribution in [3.63, 3.8) is 0 Å². The summed E-state index contributed by atoms with van der Waals surface area (Å²) in [4.78, 5) is 2.74. The average Bonchev–Trinajstić information content (AvgIpc) is 2.94. The highest BCUT2D eigenvalue weighted by atomic mass is 16.6. The summed E-state index contributed by atoms with van der Waals surface area (Å²) in [7, 11) is 2.11. The molecule has 0 amide bonds. The van der Waals surface area contributed by atoms with E-state index in [-0.39, 0.29) is 5.60 Å². The molecule has 0 aliphatic carbocycles. The number of hydrogen-bond donors (Lipinski definition) is 1. The van der Waals surface area contributed by atoms with Crippen LogP contribution in [-0.4, -0.2) is 62.5 Å². The van der Waals surface area contributed by atoms with Gasteiger partial charge in [0, 0.05) is 38.3 Å². The van der Waals surface area contributed by atoms with Crippen LogP contribution in [0.5, 0.6) is 0 Å². The third-order valence-electron chi connectivity index (χ3n) is 5.71. The molecule has 3 saturated heterocycles. The van der Waals surface area contributed by atoms with E-state index in [0.29, 0.717) is 12.1 Å². The van der Waals surface area contributed by atoms with Crippen LogP contribution in [0.3, 0.4) is 0 Å². The summed E-state index contributed by atoms with van der Waals surface area (Å²) in [6, 6.07) is 1.41. The third kappa shape index (κ3) is 2.89. The third-order valence-corrected chi connectivity index (χ3v) is 5.71. The lowest BCUT2D eigenvalue weighted by atomic mass is 9.85. The van der Waals surface area contributed by atoms with E-state index < -0.39 is 0 Å². The molecule has 3 aliphatic rings. The quantitative estimate of drug-likeness (QED) is 0.853. The largest absolute Gasteiger partial charge is 0.378 e. The van der Waals surface area contributed by atoms with E-state index in [4.69, 9.17) is 9.47 Å². The minimum absolute atomic E-state index is 0.0461. The summed E-state index contributed by atoms with van der Waals surface area (Å²) in [6.07, 6.45) is 6.03. The number of hydrogen-bond acceptors (Lipinski definition) is 4. The second-order valence-electron chi connectivity index (χ2n) is 6.83. The van der Waals surface area contributed by atoms with E-state index in [1.807, 2.05) is 0 Å². The summed E-state index contributed by atoms with van der Waals surface area (Å²) >= 11 is 0. The summed E-state index contributed by atoms with van der Waals surface area (Å²) < 4.78 is 11.7. The fourth-order valence-electron chi connectivity index (χ4n) is 4.36. The molecule has 116 valence electrons. The van der Waals surface area contributed by atoms with Crippen molar-refractivity contribution in [3.05, 3.63) is 0 Å². The fraction of sp³-hybridized carbons (Fsp3) is 1.00. The van der Waals surface area contributed by atoms with Gasteiger partial charge in [-0.3, -0.25) is 4.90 Å². The van der Waals surface area contributed by atoms with Crippen LogP contribution in [0.2, 0.25) is 0 Å². The Morgan fingerprint density at radius 2 is 2.20 bits per heavy atom. The van der Waals surface area contributed by atoms with E-state index in [0.717, 1.165) is 32.2 Å². The Morgan fingerprint density at radius 3 is 2.90 bits per heavy atom. The van der Waals surface area contributed by atoms with Gasteiger partial charge in [-0.15, -0.1) is 0 Å². The Hall–Kier alpha value is -0.160. The molecule has 4 nitrogen and oxygen atoms in total. The molecule has 0 bridgehead atoms. The molecule has 3 heterocycles. The zero-order chi connectivity index (χ0) is 14.0. The average molecular weight is 282 g/mol. The van der Waals surface area contributed by atoms with Gasteiger partial charge in [0.05, 0.1) is 12.2 Å². The maximum Gasteiger partial charge on any atom is 0.0951 e. The van der Waals surface area contributed by atoms with E-state index in [1.165, 1.54) is 38.8 Å². The smallest absolute Gasteiger partial charge is 0.0951 e. The van der Waals surface area contributed by atoms with Crippen LogP contribution in [0.1, 0.15) is 39.0 Å². The highest BCUT2D eigenvalue weighted by molar-refractivity contribution is 4.95. The van der Waals surface area contributed by atoms with Gasteiger partial charge in [0.2, 0.25) is 0 Å². The van der Waals surface area contributed by atoms with E-state index in [2.05, 4.69) is 24.2 Å². The number of ether oxygens (including phenoxy) is 2. The van der Waals surface area contributed by atoms with Gasteiger partial charge in [-0.05, 0) is 38.8 Å². The first-order chi connectivity index (χ1) is 9.76. The monoisotopic (exact) mass is 282 g/mol. The van der Waals surface area contributed by atoms with Crippen molar-refractivity contribution in [1.82, 2.24) is 10.2 Å². The van der Waals surface area contributed by atoms with Gasteiger partial charge in [0.25, 0.3) is 0 Å². The van der Waals surface area contributed by atoms with Gasteiger partial charge in [-0.25, -0.2) is 0 Å². The maximum absolute atomic E-state index is 6.08.